The van der Waals surface area contributed by atoms with E-state index < -0.39 is 5.97 Å². The number of hydrogen-bond acceptors (Lipinski definition) is 3. The van der Waals surface area contributed by atoms with Crippen LogP contribution in [0.4, 0.5) is 10.1 Å². The molecule has 4 rings (SSSR count). The van der Waals surface area contributed by atoms with Gasteiger partial charge in [0.25, 0.3) is 5.56 Å². The lowest BCUT2D eigenvalue weighted by Gasteiger charge is -2.21. The molecule has 0 spiro atoms. The van der Waals surface area contributed by atoms with Gasteiger partial charge >= 0.3 is 5.97 Å². The molecule has 3 aromatic carbocycles. The number of fused-ring (bicyclic) bond motifs is 1. The number of aryl methyl sites for hydroxylation is 1. The molecule has 0 saturated carbocycles. The summed E-state index contributed by atoms with van der Waals surface area (Å²) in [6.07, 6.45) is 0. The number of hydrogen-bond donors (Lipinski definition) is 2. The number of nitrogens with zero attached hydrogens (tertiary/aromatic N) is 1. The molecule has 4 aromatic rings. The van der Waals surface area contributed by atoms with Crippen molar-refractivity contribution in [2.75, 3.05) is 5.32 Å². The van der Waals surface area contributed by atoms with Crippen LogP contribution in [0.25, 0.3) is 22.0 Å². The largest absolute Gasteiger partial charge is 0.478 e. The standard InChI is InChI=1S/C26H23FN2O3/c1-15-12-20(16(2)28-23-7-5-4-6-19(23)26(31)32)21-14-24(17-8-10-18(27)11-9-17)29(3)25(30)22(21)13-15/h4-14,16,28H,1-3H3,(H,31,32). The highest BCUT2D eigenvalue weighted by Gasteiger charge is 2.18. The van der Waals surface area contributed by atoms with Crippen LogP contribution in [0.3, 0.4) is 0 Å². The van der Waals surface area contributed by atoms with E-state index in [2.05, 4.69) is 5.32 Å². The molecule has 0 aliphatic rings. The second-order valence-corrected chi connectivity index (χ2v) is 7.93. The SMILES string of the molecule is Cc1cc(C(C)Nc2ccccc2C(=O)O)c2cc(-c3ccc(F)cc3)n(C)c(=O)c2c1. The third kappa shape index (κ3) is 3.87. The van der Waals surface area contributed by atoms with Gasteiger partial charge in [-0.1, -0.05) is 18.2 Å². The Labute approximate surface area is 184 Å². The number of carboxylic acid groups (broad SMARTS) is 1. The van der Waals surface area contributed by atoms with Crippen LogP contribution >= 0.6 is 0 Å². The first-order valence-corrected chi connectivity index (χ1v) is 10.3. The van der Waals surface area contributed by atoms with E-state index in [1.807, 2.05) is 32.0 Å². The third-order valence-corrected chi connectivity index (χ3v) is 5.67. The summed E-state index contributed by atoms with van der Waals surface area (Å²) < 4.78 is 15.0. The van der Waals surface area contributed by atoms with Crippen LogP contribution in [-0.2, 0) is 7.05 Å². The van der Waals surface area contributed by atoms with Crippen molar-refractivity contribution in [3.8, 4) is 11.3 Å². The molecule has 0 aliphatic heterocycles. The van der Waals surface area contributed by atoms with Gasteiger partial charge in [0, 0.05) is 24.2 Å². The highest BCUT2D eigenvalue weighted by Crippen LogP contribution is 2.31. The van der Waals surface area contributed by atoms with Gasteiger partial charge in [-0.05, 0) is 84.5 Å². The summed E-state index contributed by atoms with van der Waals surface area (Å²) in [5, 5.41) is 14.1. The number of carbonyl (C=O) groups is 1. The van der Waals surface area contributed by atoms with Gasteiger partial charge in [-0.15, -0.1) is 0 Å². The van der Waals surface area contributed by atoms with Gasteiger partial charge in [0.15, 0.2) is 0 Å². The van der Waals surface area contributed by atoms with Crippen LogP contribution < -0.4 is 10.9 Å². The van der Waals surface area contributed by atoms with Crippen LogP contribution in [0, 0.1) is 12.7 Å². The smallest absolute Gasteiger partial charge is 0.337 e. The van der Waals surface area contributed by atoms with Crippen LogP contribution in [0.15, 0.2) is 71.5 Å². The lowest BCUT2D eigenvalue weighted by Crippen LogP contribution is -2.20. The number of aromatic carboxylic acids is 1. The second-order valence-electron chi connectivity index (χ2n) is 7.93. The summed E-state index contributed by atoms with van der Waals surface area (Å²) in [7, 11) is 1.70. The molecule has 0 fully saturated rings. The number of rotatable bonds is 5. The molecule has 0 amide bonds. The van der Waals surface area contributed by atoms with Crippen molar-refractivity contribution in [3.05, 3.63) is 99.6 Å². The molecule has 162 valence electrons. The Bertz CT molecular complexity index is 1390. The summed E-state index contributed by atoms with van der Waals surface area (Å²) in [6.45, 7) is 3.86. The van der Waals surface area contributed by atoms with E-state index >= 15 is 0 Å². The number of pyridine rings is 1. The first-order valence-electron chi connectivity index (χ1n) is 10.3. The minimum atomic E-state index is -1.01. The molecule has 32 heavy (non-hydrogen) atoms. The molecular weight excluding hydrogens is 407 g/mol. The highest BCUT2D eigenvalue weighted by molar-refractivity contribution is 5.94. The number of nitrogens with one attached hydrogen (secondary N) is 1. The zero-order valence-electron chi connectivity index (χ0n) is 18.0. The van der Waals surface area contributed by atoms with Gasteiger partial charge in [-0.3, -0.25) is 4.79 Å². The molecule has 0 aliphatic carbocycles. The quantitative estimate of drug-likeness (QED) is 0.437. The average molecular weight is 430 g/mol. The first-order chi connectivity index (χ1) is 15.3. The predicted octanol–water partition coefficient (Wildman–Crippen LogP) is 5.52. The fourth-order valence-electron chi connectivity index (χ4n) is 4.05. The molecular formula is C26H23FN2O3. The van der Waals surface area contributed by atoms with Crippen molar-refractivity contribution in [2.45, 2.75) is 19.9 Å². The summed E-state index contributed by atoms with van der Waals surface area (Å²) in [5.41, 5.74) is 3.75. The number of halogens is 1. The molecule has 6 heteroatoms. The molecule has 1 unspecified atom stereocenters. The lowest BCUT2D eigenvalue weighted by atomic mass is 9.95. The topological polar surface area (TPSA) is 71.3 Å². The Hall–Kier alpha value is -3.93. The van der Waals surface area contributed by atoms with Crippen molar-refractivity contribution in [1.29, 1.82) is 0 Å². The first kappa shape index (κ1) is 21.3. The molecule has 5 nitrogen and oxygen atoms in total. The highest BCUT2D eigenvalue weighted by atomic mass is 19.1. The molecule has 1 atom stereocenters. The number of para-hydroxylation sites is 1. The molecule has 1 heterocycles. The lowest BCUT2D eigenvalue weighted by molar-refractivity contribution is 0.0698. The fourth-order valence-corrected chi connectivity index (χ4v) is 4.05. The van der Waals surface area contributed by atoms with Crippen LogP contribution in [-0.4, -0.2) is 15.6 Å². The number of aromatic nitrogens is 1. The van der Waals surface area contributed by atoms with E-state index in [1.165, 1.54) is 12.1 Å². The maximum atomic E-state index is 13.4. The van der Waals surface area contributed by atoms with E-state index in [1.54, 1.807) is 48.0 Å². The predicted molar refractivity (Wildman–Crippen MR) is 125 cm³/mol. The molecule has 0 radical (unpaired) electrons. The van der Waals surface area contributed by atoms with Gasteiger partial charge in [0.05, 0.1) is 11.3 Å². The summed E-state index contributed by atoms with van der Waals surface area (Å²) in [5.74, 6) is -1.35. The monoisotopic (exact) mass is 430 g/mol. The Morgan fingerprint density at radius 1 is 1.03 bits per heavy atom. The van der Waals surface area contributed by atoms with E-state index in [0.717, 1.165) is 22.1 Å². The third-order valence-electron chi connectivity index (χ3n) is 5.67. The maximum absolute atomic E-state index is 13.4. The molecule has 2 N–H and O–H groups in total. The normalized spacial score (nSPS) is 12.0. The van der Waals surface area contributed by atoms with Gasteiger partial charge in [-0.2, -0.15) is 0 Å². The number of carboxylic acids is 1. The maximum Gasteiger partial charge on any atom is 0.337 e. The van der Waals surface area contributed by atoms with Crippen molar-refractivity contribution >= 4 is 22.4 Å². The minimum absolute atomic E-state index is 0.148. The Balaban J connectivity index is 1.89. The summed E-state index contributed by atoms with van der Waals surface area (Å²) >= 11 is 0. The molecule has 1 aromatic heterocycles. The second kappa shape index (κ2) is 8.30. The van der Waals surface area contributed by atoms with Gasteiger partial charge in [0.1, 0.15) is 5.82 Å². The molecule has 0 saturated heterocycles. The van der Waals surface area contributed by atoms with Crippen molar-refractivity contribution < 1.29 is 14.3 Å². The van der Waals surface area contributed by atoms with E-state index in [-0.39, 0.29) is 23.0 Å². The Kier molecular flexibility index (Phi) is 5.53. The van der Waals surface area contributed by atoms with E-state index in [9.17, 15) is 19.1 Å². The minimum Gasteiger partial charge on any atom is -0.478 e. The van der Waals surface area contributed by atoms with Crippen molar-refractivity contribution in [1.82, 2.24) is 4.57 Å². The summed E-state index contributed by atoms with van der Waals surface area (Å²) in [4.78, 5) is 24.8. The number of anilines is 1. The van der Waals surface area contributed by atoms with Gasteiger partial charge < -0.3 is 15.0 Å². The fraction of sp³-hybridized carbons (Fsp3) is 0.154. The Morgan fingerprint density at radius 3 is 2.41 bits per heavy atom. The van der Waals surface area contributed by atoms with Gasteiger partial charge in [-0.25, -0.2) is 9.18 Å². The van der Waals surface area contributed by atoms with Crippen LogP contribution in [0.5, 0.6) is 0 Å². The van der Waals surface area contributed by atoms with Crippen LogP contribution in [0.2, 0.25) is 0 Å². The van der Waals surface area contributed by atoms with E-state index in [0.29, 0.717) is 16.8 Å². The van der Waals surface area contributed by atoms with E-state index in [4.69, 9.17) is 0 Å². The average Bonchev–Trinajstić information content (AvgIpc) is 2.77. The van der Waals surface area contributed by atoms with Crippen molar-refractivity contribution in [2.24, 2.45) is 7.05 Å². The Morgan fingerprint density at radius 2 is 1.72 bits per heavy atom. The zero-order chi connectivity index (χ0) is 23.0. The van der Waals surface area contributed by atoms with Crippen LogP contribution in [0.1, 0.15) is 34.5 Å². The number of benzene rings is 3. The van der Waals surface area contributed by atoms with Crippen molar-refractivity contribution in [3.63, 3.8) is 0 Å². The van der Waals surface area contributed by atoms with Gasteiger partial charge in [0.2, 0.25) is 0 Å². The zero-order valence-corrected chi connectivity index (χ0v) is 18.0. The molecule has 0 bridgehead atoms. The summed E-state index contributed by atoms with van der Waals surface area (Å²) in [6, 6.07) is 18.3.